The summed E-state index contributed by atoms with van der Waals surface area (Å²) in [5.41, 5.74) is -0.654. The quantitative estimate of drug-likeness (QED) is 0.704. The highest BCUT2D eigenvalue weighted by Crippen LogP contribution is 2.26. The van der Waals surface area contributed by atoms with Gasteiger partial charge in [0.25, 0.3) is 5.56 Å². The Hall–Kier alpha value is -1.55. The van der Waals surface area contributed by atoms with Crippen LogP contribution >= 0.6 is 11.6 Å². The molecule has 0 radical (unpaired) electrons. The summed E-state index contributed by atoms with van der Waals surface area (Å²) < 4.78 is 13.3. The first-order chi connectivity index (χ1) is 6.59. The van der Waals surface area contributed by atoms with Gasteiger partial charge in [-0.3, -0.25) is 4.79 Å². The normalized spacial score (nSPS) is 10.7. The van der Waals surface area contributed by atoms with Crippen molar-refractivity contribution in [2.75, 3.05) is 0 Å². The van der Waals surface area contributed by atoms with Gasteiger partial charge in [0.15, 0.2) is 5.82 Å². The second-order valence-electron chi connectivity index (χ2n) is 2.80. The molecule has 2 N–H and O–H groups in total. The molecule has 72 valence electrons. The summed E-state index contributed by atoms with van der Waals surface area (Å²) in [6.07, 6.45) is 0. The molecular weight excluding hydrogens is 209 g/mol. The van der Waals surface area contributed by atoms with Gasteiger partial charge >= 0.3 is 0 Å². The molecule has 0 bridgehead atoms. The van der Waals surface area contributed by atoms with Gasteiger partial charge < -0.3 is 10.1 Å². The molecule has 0 spiro atoms. The van der Waals surface area contributed by atoms with Crippen LogP contribution in [0.15, 0.2) is 23.0 Å². The van der Waals surface area contributed by atoms with Crippen molar-refractivity contribution < 1.29 is 9.50 Å². The molecule has 0 saturated carbocycles. The molecule has 0 aliphatic heterocycles. The molecule has 0 aliphatic rings. The minimum absolute atomic E-state index is 0.0810. The highest BCUT2D eigenvalue weighted by molar-refractivity contribution is 6.31. The monoisotopic (exact) mass is 213 g/mol. The maximum atomic E-state index is 13.3. The summed E-state index contributed by atoms with van der Waals surface area (Å²) in [7, 11) is 0. The van der Waals surface area contributed by atoms with Crippen LogP contribution in [0.25, 0.3) is 10.9 Å². The molecule has 0 fully saturated rings. The minimum Gasteiger partial charge on any atom is -0.507 e. The molecule has 0 atom stereocenters. The van der Waals surface area contributed by atoms with Crippen molar-refractivity contribution in [3.05, 3.63) is 39.4 Å². The van der Waals surface area contributed by atoms with Crippen LogP contribution in [0.2, 0.25) is 5.02 Å². The van der Waals surface area contributed by atoms with Crippen LogP contribution in [0.1, 0.15) is 0 Å². The number of H-pyrrole nitrogens is 1. The number of aromatic nitrogens is 1. The Morgan fingerprint density at radius 1 is 1.43 bits per heavy atom. The number of pyridine rings is 1. The van der Waals surface area contributed by atoms with Gasteiger partial charge in [-0.15, -0.1) is 0 Å². The van der Waals surface area contributed by atoms with E-state index in [1.54, 1.807) is 0 Å². The van der Waals surface area contributed by atoms with E-state index in [-0.39, 0.29) is 21.7 Å². The lowest BCUT2D eigenvalue weighted by atomic mass is 10.2. The van der Waals surface area contributed by atoms with E-state index >= 15 is 0 Å². The van der Waals surface area contributed by atoms with Gasteiger partial charge in [0.1, 0.15) is 5.75 Å². The lowest BCUT2D eigenvalue weighted by molar-refractivity contribution is 0.480. The number of halogens is 2. The summed E-state index contributed by atoms with van der Waals surface area (Å²) in [5, 5.41) is 9.47. The Bertz CT molecular complexity index is 564. The van der Waals surface area contributed by atoms with Crippen molar-refractivity contribution in [2.45, 2.75) is 0 Å². The molecule has 1 aromatic heterocycles. The molecule has 14 heavy (non-hydrogen) atoms. The Labute approximate surface area is 82.8 Å². The highest BCUT2D eigenvalue weighted by Gasteiger charge is 2.09. The molecule has 2 rings (SSSR count). The van der Waals surface area contributed by atoms with E-state index in [1.807, 2.05) is 0 Å². The maximum absolute atomic E-state index is 13.3. The van der Waals surface area contributed by atoms with Gasteiger partial charge in [-0.25, -0.2) is 4.39 Å². The van der Waals surface area contributed by atoms with Crippen molar-refractivity contribution in [3.63, 3.8) is 0 Å². The standard InChI is InChI=1S/C9H5ClFNO2/c10-5-2-1-4-6(13)3-7(14)12-9(4)8(5)11/h1-3H,(H2,12,13,14). The van der Waals surface area contributed by atoms with Crippen molar-refractivity contribution in [1.82, 2.24) is 4.98 Å². The molecule has 0 unspecified atom stereocenters. The molecule has 0 amide bonds. The van der Waals surface area contributed by atoms with E-state index in [4.69, 9.17) is 11.6 Å². The van der Waals surface area contributed by atoms with E-state index in [9.17, 15) is 14.3 Å². The second-order valence-corrected chi connectivity index (χ2v) is 3.21. The van der Waals surface area contributed by atoms with Gasteiger partial charge in [-0.1, -0.05) is 11.6 Å². The maximum Gasteiger partial charge on any atom is 0.252 e. The third-order valence-corrected chi connectivity index (χ3v) is 2.18. The predicted molar refractivity (Wildman–Crippen MR) is 51.2 cm³/mol. The fourth-order valence-corrected chi connectivity index (χ4v) is 1.40. The number of nitrogens with one attached hydrogen (secondary N) is 1. The Morgan fingerprint density at radius 3 is 2.86 bits per heavy atom. The average Bonchev–Trinajstić information content (AvgIpc) is 2.12. The smallest absolute Gasteiger partial charge is 0.252 e. The fraction of sp³-hybridized carbons (Fsp3) is 0. The van der Waals surface area contributed by atoms with Crippen LogP contribution in [0.4, 0.5) is 4.39 Å². The molecule has 2 aromatic rings. The zero-order valence-corrected chi connectivity index (χ0v) is 7.60. The lowest BCUT2D eigenvalue weighted by Crippen LogP contribution is -2.04. The third-order valence-electron chi connectivity index (χ3n) is 1.89. The van der Waals surface area contributed by atoms with E-state index in [2.05, 4.69) is 4.98 Å². The van der Waals surface area contributed by atoms with Crippen LogP contribution in [0.3, 0.4) is 0 Å². The Balaban J connectivity index is 3.02. The highest BCUT2D eigenvalue weighted by atomic mass is 35.5. The van der Waals surface area contributed by atoms with Gasteiger partial charge in [0.05, 0.1) is 10.5 Å². The van der Waals surface area contributed by atoms with E-state index in [0.29, 0.717) is 0 Å². The van der Waals surface area contributed by atoms with Gasteiger partial charge in [-0.2, -0.15) is 0 Å². The summed E-state index contributed by atoms with van der Waals surface area (Å²) >= 11 is 5.51. The van der Waals surface area contributed by atoms with E-state index < -0.39 is 11.4 Å². The topological polar surface area (TPSA) is 53.1 Å². The molecular formula is C9H5ClFNO2. The molecule has 0 saturated heterocycles. The Kier molecular flexibility index (Phi) is 1.93. The fourth-order valence-electron chi connectivity index (χ4n) is 1.25. The zero-order valence-electron chi connectivity index (χ0n) is 6.84. The number of fused-ring (bicyclic) bond motifs is 1. The molecule has 3 nitrogen and oxygen atoms in total. The number of hydrogen-bond acceptors (Lipinski definition) is 2. The summed E-state index contributed by atoms with van der Waals surface area (Å²) in [6, 6.07) is 3.74. The first kappa shape index (κ1) is 9.02. The number of benzene rings is 1. The summed E-state index contributed by atoms with van der Waals surface area (Å²) in [5.74, 6) is -1.00. The first-order valence-electron chi connectivity index (χ1n) is 3.79. The van der Waals surface area contributed by atoms with Gasteiger partial charge in [0.2, 0.25) is 0 Å². The number of aromatic amines is 1. The van der Waals surface area contributed by atoms with Crippen LogP contribution in [-0.4, -0.2) is 10.1 Å². The van der Waals surface area contributed by atoms with Crippen LogP contribution in [-0.2, 0) is 0 Å². The van der Waals surface area contributed by atoms with Crippen molar-refractivity contribution in [1.29, 1.82) is 0 Å². The predicted octanol–water partition coefficient (Wildman–Crippen LogP) is 2.03. The number of aromatic hydroxyl groups is 1. The second kappa shape index (κ2) is 2.99. The van der Waals surface area contributed by atoms with Gasteiger partial charge in [0, 0.05) is 11.5 Å². The third kappa shape index (κ3) is 1.24. The largest absolute Gasteiger partial charge is 0.507 e. The number of rotatable bonds is 0. The molecule has 1 heterocycles. The van der Waals surface area contributed by atoms with E-state index in [1.165, 1.54) is 12.1 Å². The average molecular weight is 214 g/mol. The molecule has 5 heteroatoms. The van der Waals surface area contributed by atoms with Crippen LogP contribution in [0.5, 0.6) is 5.75 Å². The van der Waals surface area contributed by atoms with Gasteiger partial charge in [-0.05, 0) is 12.1 Å². The van der Waals surface area contributed by atoms with Crippen molar-refractivity contribution >= 4 is 22.5 Å². The van der Waals surface area contributed by atoms with Crippen LogP contribution in [0, 0.1) is 5.82 Å². The zero-order chi connectivity index (χ0) is 10.3. The van der Waals surface area contributed by atoms with Crippen molar-refractivity contribution in [2.24, 2.45) is 0 Å². The molecule has 0 aliphatic carbocycles. The lowest BCUT2D eigenvalue weighted by Gasteiger charge is -2.02. The Morgan fingerprint density at radius 2 is 2.14 bits per heavy atom. The van der Waals surface area contributed by atoms with Crippen LogP contribution < -0.4 is 5.56 Å². The molecule has 1 aromatic carbocycles. The van der Waals surface area contributed by atoms with Crippen molar-refractivity contribution in [3.8, 4) is 5.75 Å². The summed E-state index contributed by atoms with van der Waals surface area (Å²) in [6.45, 7) is 0. The first-order valence-corrected chi connectivity index (χ1v) is 4.17. The van der Waals surface area contributed by atoms with E-state index in [0.717, 1.165) is 6.07 Å². The minimum atomic E-state index is -0.739. The SMILES string of the molecule is O=c1cc(O)c2ccc(Cl)c(F)c2[nH]1. The summed E-state index contributed by atoms with van der Waals surface area (Å²) in [4.78, 5) is 13.2. The number of hydrogen-bond donors (Lipinski definition) is 2.